The van der Waals surface area contributed by atoms with Gasteiger partial charge in [-0.1, -0.05) is 36.4 Å². The molecular weight excluding hydrogens is 312 g/mol. The first kappa shape index (κ1) is 17.5. The largest absolute Gasteiger partial charge is 0.396 e. The van der Waals surface area contributed by atoms with Crippen molar-refractivity contribution in [3.05, 3.63) is 65.7 Å². The normalized spacial score (nSPS) is 17.3. The van der Waals surface area contributed by atoms with E-state index in [9.17, 15) is 9.90 Å². The Morgan fingerprint density at radius 1 is 1.16 bits per heavy atom. The number of aliphatic hydroxyl groups is 1. The maximum atomic E-state index is 12.7. The number of nitrogens with one attached hydrogen (secondary N) is 1. The number of rotatable bonds is 6. The molecule has 1 saturated heterocycles. The predicted molar refractivity (Wildman–Crippen MR) is 101 cm³/mol. The molecule has 132 valence electrons. The van der Waals surface area contributed by atoms with E-state index in [2.05, 4.69) is 17.4 Å². The van der Waals surface area contributed by atoms with Crippen LogP contribution in [0.1, 0.15) is 28.8 Å². The summed E-state index contributed by atoms with van der Waals surface area (Å²) in [6.07, 6.45) is 2.91. The van der Waals surface area contributed by atoms with Crippen LogP contribution in [0, 0.1) is 5.92 Å². The predicted octanol–water partition coefficient (Wildman–Crippen LogP) is 3.19. The van der Waals surface area contributed by atoms with Gasteiger partial charge in [0.1, 0.15) is 0 Å². The maximum Gasteiger partial charge on any atom is 0.253 e. The zero-order chi connectivity index (χ0) is 17.5. The van der Waals surface area contributed by atoms with Gasteiger partial charge in [0.25, 0.3) is 5.91 Å². The average Bonchev–Trinajstić information content (AvgIpc) is 2.68. The number of likely N-dealkylation sites (tertiary alicyclic amines) is 1. The van der Waals surface area contributed by atoms with Crippen LogP contribution in [0.4, 0.5) is 5.69 Å². The van der Waals surface area contributed by atoms with Gasteiger partial charge in [0.05, 0.1) is 0 Å². The Morgan fingerprint density at radius 2 is 2.00 bits per heavy atom. The van der Waals surface area contributed by atoms with Crippen LogP contribution in [0.25, 0.3) is 0 Å². The minimum absolute atomic E-state index is 0.0601. The topological polar surface area (TPSA) is 52.6 Å². The van der Waals surface area contributed by atoms with E-state index in [1.54, 1.807) is 0 Å². The van der Waals surface area contributed by atoms with Gasteiger partial charge in [-0.05, 0) is 48.9 Å². The van der Waals surface area contributed by atoms with Crippen molar-refractivity contribution in [1.82, 2.24) is 4.90 Å². The first-order chi connectivity index (χ1) is 12.3. The van der Waals surface area contributed by atoms with Crippen LogP contribution in [-0.2, 0) is 6.42 Å². The van der Waals surface area contributed by atoms with Crippen molar-refractivity contribution in [2.45, 2.75) is 19.3 Å². The second-order valence-corrected chi connectivity index (χ2v) is 6.69. The molecule has 0 radical (unpaired) electrons. The maximum absolute atomic E-state index is 12.7. The molecule has 1 atom stereocenters. The van der Waals surface area contributed by atoms with Gasteiger partial charge >= 0.3 is 0 Å². The second kappa shape index (κ2) is 8.67. The van der Waals surface area contributed by atoms with Crippen molar-refractivity contribution in [3.63, 3.8) is 0 Å². The molecule has 2 aromatic carbocycles. The third-order valence-corrected chi connectivity index (χ3v) is 4.76. The van der Waals surface area contributed by atoms with E-state index in [0.717, 1.165) is 38.0 Å². The van der Waals surface area contributed by atoms with Gasteiger partial charge in [0, 0.05) is 37.5 Å². The van der Waals surface area contributed by atoms with E-state index >= 15 is 0 Å². The third-order valence-electron chi connectivity index (χ3n) is 4.76. The Bertz CT molecular complexity index is 687. The summed E-state index contributed by atoms with van der Waals surface area (Å²) in [5, 5.41) is 12.7. The van der Waals surface area contributed by atoms with E-state index in [-0.39, 0.29) is 18.4 Å². The molecule has 2 N–H and O–H groups in total. The lowest BCUT2D eigenvalue weighted by Gasteiger charge is -2.32. The Hall–Kier alpha value is -2.33. The van der Waals surface area contributed by atoms with E-state index in [4.69, 9.17) is 0 Å². The molecular formula is C21H26N2O2. The number of hydrogen-bond acceptors (Lipinski definition) is 3. The van der Waals surface area contributed by atoms with Crippen molar-refractivity contribution in [2.24, 2.45) is 5.92 Å². The molecule has 1 aliphatic heterocycles. The van der Waals surface area contributed by atoms with Gasteiger partial charge < -0.3 is 15.3 Å². The number of carbonyl (C=O) groups is 1. The molecule has 1 amide bonds. The molecule has 4 heteroatoms. The van der Waals surface area contributed by atoms with Crippen molar-refractivity contribution in [3.8, 4) is 0 Å². The molecule has 1 heterocycles. The Morgan fingerprint density at radius 3 is 2.80 bits per heavy atom. The molecule has 0 spiro atoms. The molecule has 2 aromatic rings. The fraction of sp³-hybridized carbons (Fsp3) is 0.381. The summed E-state index contributed by atoms with van der Waals surface area (Å²) < 4.78 is 0. The van der Waals surface area contributed by atoms with Crippen molar-refractivity contribution < 1.29 is 9.90 Å². The summed E-state index contributed by atoms with van der Waals surface area (Å²) >= 11 is 0. The van der Waals surface area contributed by atoms with Gasteiger partial charge in [-0.15, -0.1) is 0 Å². The average molecular weight is 338 g/mol. The minimum Gasteiger partial charge on any atom is -0.396 e. The molecule has 3 rings (SSSR count). The lowest BCUT2D eigenvalue weighted by atomic mass is 9.98. The summed E-state index contributed by atoms with van der Waals surface area (Å²) in [4.78, 5) is 14.6. The van der Waals surface area contributed by atoms with Gasteiger partial charge in [0.15, 0.2) is 0 Å². The first-order valence-electron chi connectivity index (χ1n) is 9.04. The molecule has 0 aliphatic carbocycles. The molecule has 0 aromatic heterocycles. The second-order valence-electron chi connectivity index (χ2n) is 6.69. The van der Waals surface area contributed by atoms with Crippen LogP contribution in [-0.4, -0.2) is 42.2 Å². The van der Waals surface area contributed by atoms with Crippen LogP contribution >= 0.6 is 0 Å². The molecule has 1 fully saturated rings. The summed E-state index contributed by atoms with van der Waals surface area (Å²) in [5.41, 5.74) is 2.98. The number of benzene rings is 2. The number of hydrogen-bond donors (Lipinski definition) is 2. The van der Waals surface area contributed by atoms with Crippen molar-refractivity contribution in [1.29, 1.82) is 0 Å². The number of aliphatic hydroxyl groups excluding tert-OH is 1. The lowest BCUT2D eigenvalue weighted by molar-refractivity contribution is 0.0621. The Balaban J connectivity index is 1.58. The lowest BCUT2D eigenvalue weighted by Crippen LogP contribution is -2.40. The molecule has 0 bridgehead atoms. The highest BCUT2D eigenvalue weighted by atomic mass is 16.3. The fourth-order valence-electron chi connectivity index (χ4n) is 3.34. The monoisotopic (exact) mass is 338 g/mol. The number of anilines is 1. The van der Waals surface area contributed by atoms with Gasteiger partial charge in [-0.25, -0.2) is 0 Å². The number of carbonyl (C=O) groups excluding carboxylic acids is 1. The van der Waals surface area contributed by atoms with Gasteiger partial charge in [-0.3, -0.25) is 4.79 Å². The van der Waals surface area contributed by atoms with E-state index in [1.807, 2.05) is 47.4 Å². The van der Waals surface area contributed by atoms with Crippen molar-refractivity contribution in [2.75, 3.05) is 31.6 Å². The van der Waals surface area contributed by atoms with E-state index < -0.39 is 0 Å². The van der Waals surface area contributed by atoms with Crippen molar-refractivity contribution >= 4 is 11.6 Å². The van der Waals surface area contributed by atoms with Crippen LogP contribution in [0.2, 0.25) is 0 Å². The summed E-state index contributed by atoms with van der Waals surface area (Å²) in [7, 11) is 0. The molecule has 0 unspecified atom stereocenters. The third kappa shape index (κ3) is 4.83. The van der Waals surface area contributed by atoms with E-state index in [1.165, 1.54) is 5.56 Å². The van der Waals surface area contributed by atoms with Gasteiger partial charge in [-0.2, -0.15) is 0 Å². The standard InChI is InChI=1S/C21H26N2O2/c24-16-18-8-5-13-23(15-18)21(25)19-9-4-10-20(14-19)22-12-11-17-6-2-1-3-7-17/h1-4,6-7,9-10,14,18,22,24H,5,8,11-13,15-16H2/t18-/m0/s1. The smallest absolute Gasteiger partial charge is 0.253 e. The molecule has 25 heavy (non-hydrogen) atoms. The molecule has 4 nitrogen and oxygen atoms in total. The van der Waals surface area contributed by atoms with E-state index in [0.29, 0.717) is 12.1 Å². The molecule has 1 aliphatic rings. The summed E-state index contributed by atoms with van der Waals surface area (Å²) in [5.74, 6) is 0.273. The zero-order valence-electron chi connectivity index (χ0n) is 14.5. The summed E-state index contributed by atoms with van der Waals surface area (Å²) in [6, 6.07) is 18.1. The van der Waals surface area contributed by atoms with Crippen LogP contribution < -0.4 is 5.32 Å². The number of piperidine rings is 1. The summed E-state index contributed by atoms with van der Waals surface area (Å²) in [6.45, 7) is 2.42. The Kier molecular flexibility index (Phi) is 6.07. The van der Waals surface area contributed by atoms with Crippen LogP contribution in [0.3, 0.4) is 0 Å². The molecule has 0 saturated carbocycles. The highest BCUT2D eigenvalue weighted by Crippen LogP contribution is 2.19. The Labute approximate surface area is 149 Å². The SMILES string of the molecule is O=C(c1cccc(NCCc2ccccc2)c1)N1CCC[C@H](CO)C1. The zero-order valence-corrected chi connectivity index (χ0v) is 14.5. The first-order valence-corrected chi connectivity index (χ1v) is 9.04. The van der Waals surface area contributed by atoms with Crippen LogP contribution in [0.5, 0.6) is 0 Å². The van der Waals surface area contributed by atoms with Crippen LogP contribution in [0.15, 0.2) is 54.6 Å². The van der Waals surface area contributed by atoms with Gasteiger partial charge in [0.2, 0.25) is 0 Å². The minimum atomic E-state index is 0.0601. The fourth-order valence-corrected chi connectivity index (χ4v) is 3.34. The number of amides is 1. The highest BCUT2D eigenvalue weighted by molar-refractivity contribution is 5.95. The quantitative estimate of drug-likeness (QED) is 0.850. The number of nitrogens with zero attached hydrogens (tertiary/aromatic N) is 1. The highest BCUT2D eigenvalue weighted by Gasteiger charge is 2.24.